The molecule has 0 radical (unpaired) electrons. The maximum Gasteiger partial charge on any atom is 0.223 e. The first kappa shape index (κ1) is 14.5. The molecule has 4 nitrogen and oxygen atoms in total. The molecule has 1 aliphatic carbocycles. The zero-order chi connectivity index (χ0) is 12.7. The minimum atomic E-state index is -0.544. The highest BCUT2D eigenvalue weighted by molar-refractivity contribution is 5.75. The maximum atomic E-state index is 11.4. The van der Waals surface area contributed by atoms with Gasteiger partial charge in [0, 0.05) is 33.6 Å². The molecule has 1 aliphatic rings. The quantitative estimate of drug-likeness (QED) is 0.561. The van der Waals surface area contributed by atoms with Gasteiger partial charge < -0.3 is 15.3 Å². The minimum Gasteiger partial charge on any atom is -0.389 e. The van der Waals surface area contributed by atoms with E-state index >= 15 is 0 Å². The Morgan fingerprint density at radius 3 is 2.35 bits per heavy atom. The Kier molecular flexibility index (Phi) is 5.92. The molecule has 0 unspecified atom stereocenters. The average molecular weight is 242 g/mol. The van der Waals surface area contributed by atoms with E-state index in [-0.39, 0.29) is 5.91 Å². The lowest BCUT2D eigenvalue weighted by atomic mass is 9.94. The van der Waals surface area contributed by atoms with Crippen molar-refractivity contribution < 1.29 is 9.90 Å². The van der Waals surface area contributed by atoms with Crippen LogP contribution < -0.4 is 5.32 Å². The fourth-order valence-corrected chi connectivity index (χ4v) is 2.30. The zero-order valence-electron chi connectivity index (χ0n) is 11.2. The second-order valence-corrected chi connectivity index (χ2v) is 5.35. The maximum absolute atomic E-state index is 11.4. The SMILES string of the molecule is CN(C)C(=O)CCNCC1(O)CCCCCC1. The van der Waals surface area contributed by atoms with E-state index in [2.05, 4.69) is 5.32 Å². The molecular weight excluding hydrogens is 216 g/mol. The standard InChI is InChI=1S/C13H26N2O2/c1-15(2)12(16)7-10-14-11-13(17)8-5-3-4-6-9-13/h14,17H,3-11H2,1-2H3. The predicted molar refractivity (Wildman–Crippen MR) is 68.8 cm³/mol. The summed E-state index contributed by atoms with van der Waals surface area (Å²) in [5, 5.41) is 13.6. The van der Waals surface area contributed by atoms with Crippen molar-refractivity contribution in [3.8, 4) is 0 Å². The number of carbonyl (C=O) groups excluding carboxylic acids is 1. The molecule has 0 bridgehead atoms. The number of hydrogen-bond donors (Lipinski definition) is 2. The van der Waals surface area contributed by atoms with Crippen LogP contribution in [0.5, 0.6) is 0 Å². The van der Waals surface area contributed by atoms with Crippen molar-refractivity contribution in [2.24, 2.45) is 0 Å². The third-order valence-corrected chi connectivity index (χ3v) is 3.50. The van der Waals surface area contributed by atoms with Gasteiger partial charge in [-0.3, -0.25) is 4.79 Å². The van der Waals surface area contributed by atoms with Crippen molar-refractivity contribution in [3.05, 3.63) is 0 Å². The van der Waals surface area contributed by atoms with E-state index in [1.807, 2.05) is 0 Å². The molecule has 1 fully saturated rings. The van der Waals surface area contributed by atoms with Crippen molar-refractivity contribution in [1.82, 2.24) is 10.2 Å². The molecule has 0 atom stereocenters. The highest BCUT2D eigenvalue weighted by atomic mass is 16.3. The number of nitrogens with one attached hydrogen (secondary N) is 1. The van der Waals surface area contributed by atoms with Crippen molar-refractivity contribution in [1.29, 1.82) is 0 Å². The highest BCUT2D eigenvalue weighted by Crippen LogP contribution is 2.26. The molecular formula is C13H26N2O2. The summed E-state index contributed by atoms with van der Waals surface area (Å²) in [6.45, 7) is 1.27. The predicted octanol–water partition coefficient (Wildman–Crippen LogP) is 1.14. The lowest BCUT2D eigenvalue weighted by Gasteiger charge is -2.27. The van der Waals surface area contributed by atoms with Crippen molar-refractivity contribution >= 4 is 5.91 Å². The van der Waals surface area contributed by atoms with Gasteiger partial charge >= 0.3 is 0 Å². The molecule has 4 heteroatoms. The zero-order valence-corrected chi connectivity index (χ0v) is 11.2. The summed E-state index contributed by atoms with van der Waals surface area (Å²) in [5.74, 6) is 0.130. The molecule has 0 aromatic carbocycles. The first-order valence-corrected chi connectivity index (χ1v) is 6.67. The van der Waals surface area contributed by atoms with Gasteiger partial charge in [-0.2, -0.15) is 0 Å². The summed E-state index contributed by atoms with van der Waals surface area (Å²) in [6, 6.07) is 0. The van der Waals surface area contributed by atoms with E-state index in [4.69, 9.17) is 0 Å². The van der Waals surface area contributed by atoms with Crippen molar-refractivity contribution in [2.75, 3.05) is 27.2 Å². The molecule has 0 aliphatic heterocycles. The van der Waals surface area contributed by atoms with Gasteiger partial charge in [0.05, 0.1) is 5.60 Å². The normalized spacial score (nSPS) is 19.7. The lowest BCUT2D eigenvalue weighted by Crippen LogP contribution is -2.41. The van der Waals surface area contributed by atoms with Crippen LogP contribution in [0.3, 0.4) is 0 Å². The van der Waals surface area contributed by atoms with Crippen LogP contribution in [0.15, 0.2) is 0 Å². The summed E-state index contributed by atoms with van der Waals surface area (Å²) in [6.07, 6.45) is 7.00. The lowest BCUT2D eigenvalue weighted by molar-refractivity contribution is -0.128. The Balaban J connectivity index is 2.18. The van der Waals surface area contributed by atoms with E-state index in [0.29, 0.717) is 19.5 Å². The Morgan fingerprint density at radius 2 is 1.82 bits per heavy atom. The van der Waals surface area contributed by atoms with E-state index in [9.17, 15) is 9.90 Å². The molecule has 100 valence electrons. The number of nitrogens with zero attached hydrogens (tertiary/aromatic N) is 1. The second-order valence-electron chi connectivity index (χ2n) is 5.35. The molecule has 1 amide bonds. The van der Waals surface area contributed by atoms with Gasteiger partial charge in [0.1, 0.15) is 0 Å². The van der Waals surface area contributed by atoms with Crippen LogP contribution >= 0.6 is 0 Å². The van der Waals surface area contributed by atoms with Gasteiger partial charge in [-0.05, 0) is 12.8 Å². The molecule has 0 spiro atoms. The van der Waals surface area contributed by atoms with E-state index in [0.717, 1.165) is 25.7 Å². The fraction of sp³-hybridized carbons (Fsp3) is 0.923. The van der Waals surface area contributed by atoms with Crippen molar-refractivity contribution in [2.45, 2.75) is 50.5 Å². The Bertz CT molecular complexity index is 234. The van der Waals surface area contributed by atoms with Gasteiger partial charge in [-0.15, -0.1) is 0 Å². The number of hydrogen-bond acceptors (Lipinski definition) is 3. The third kappa shape index (κ3) is 5.50. The molecule has 0 aromatic heterocycles. The van der Waals surface area contributed by atoms with Crippen LogP contribution in [0, 0.1) is 0 Å². The first-order valence-electron chi connectivity index (χ1n) is 6.67. The van der Waals surface area contributed by atoms with Crippen LogP contribution in [0.25, 0.3) is 0 Å². The van der Waals surface area contributed by atoms with Crippen LogP contribution in [0.1, 0.15) is 44.9 Å². The van der Waals surface area contributed by atoms with E-state index in [1.165, 1.54) is 12.8 Å². The van der Waals surface area contributed by atoms with Gasteiger partial charge in [0.25, 0.3) is 0 Å². The second kappa shape index (κ2) is 6.97. The third-order valence-electron chi connectivity index (χ3n) is 3.50. The largest absolute Gasteiger partial charge is 0.389 e. The van der Waals surface area contributed by atoms with Crippen molar-refractivity contribution in [3.63, 3.8) is 0 Å². The molecule has 0 aromatic rings. The van der Waals surface area contributed by atoms with E-state index < -0.39 is 5.60 Å². The Labute approximate surface area is 104 Å². The molecule has 0 saturated heterocycles. The average Bonchev–Trinajstić information content (AvgIpc) is 2.49. The fourth-order valence-electron chi connectivity index (χ4n) is 2.30. The summed E-state index contributed by atoms with van der Waals surface area (Å²) in [7, 11) is 3.53. The monoisotopic (exact) mass is 242 g/mol. The molecule has 17 heavy (non-hydrogen) atoms. The van der Waals surface area contributed by atoms with Gasteiger partial charge in [-0.1, -0.05) is 25.7 Å². The van der Waals surface area contributed by atoms with Gasteiger partial charge in [0.2, 0.25) is 5.91 Å². The van der Waals surface area contributed by atoms with E-state index in [1.54, 1.807) is 19.0 Å². The molecule has 1 saturated carbocycles. The number of rotatable bonds is 5. The Morgan fingerprint density at radius 1 is 1.24 bits per heavy atom. The number of aliphatic hydroxyl groups is 1. The minimum absolute atomic E-state index is 0.130. The highest BCUT2D eigenvalue weighted by Gasteiger charge is 2.27. The van der Waals surface area contributed by atoms with Crippen LogP contribution in [0.2, 0.25) is 0 Å². The van der Waals surface area contributed by atoms with Gasteiger partial charge in [-0.25, -0.2) is 0 Å². The smallest absolute Gasteiger partial charge is 0.223 e. The van der Waals surface area contributed by atoms with Crippen LogP contribution in [-0.4, -0.2) is 48.7 Å². The van der Waals surface area contributed by atoms with Crippen LogP contribution in [0.4, 0.5) is 0 Å². The molecule has 2 N–H and O–H groups in total. The Hall–Kier alpha value is -0.610. The molecule has 0 heterocycles. The summed E-state index contributed by atoms with van der Waals surface area (Å²) in [4.78, 5) is 13.0. The summed E-state index contributed by atoms with van der Waals surface area (Å²) in [5.41, 5.74) is -0.544. The summed E-state index contributed by atoms with van der Waals surface area (Å²) < 4.78 is 0. The molecule has 1 rings (SSSR count). The topological polar surface area (TPSA) is 52.6 Å². The first-order chi connectivity index (χ1) is 8.03. The number of carbonyl (C=O) groups is 1. The summed E-state index contributed by atoms with van der Waals surface area (Å²) >= 11 is 0. The van der Waals surface area contributed by atoms with Gasteiger partial charge in [0.15, 0.2) is 0 Å². The number of amides is 1. The van der Waals surface area contributed by atoms with Crippen LogP contribution in [-0.2, 0) is 4.79 Å².